The zero-order chi connectivity index (χ0) is 20.2. The Hall–Kier alpha value is -3.19. The SMILES string of the molecule is O=C(Cn1cc(-c2ccccc2)ncc1=O)NCCn1ccc2ccc(Br)cc21. The van der Waals surface area contributed by atoms with E-state index in [2.05, 4.69) is 42.9 Å². The van der Waals surface area contributed by atoms with E-state index in [1.165, 1.54) is 10.8 Å². The molecule has 1 amide bonds. The molecule has 1 N–H and O–H groups in total. The highest BCUT2D eigenvalue weighted by Gasteiger charge is 2.08. The lowest BCUT2D eigenvalue weighted by Gasteiger charge is -2.10. The van der Waals surface area contributed by atoms with Crippen molar-refractivity contribution >= 4 is 32.7 Å². The van der Waals surface area contributed by atoms with Gasteiger partial charge in [-0.2, -0.15) is 0 Å². The highest BCUT2D eigenvalue weighted by atomic mass is 79.9. The highest BCUT2D eigenvalue weighted by Crippen LogP contribution is 2.20. The van der Waals surface area contributed by atoms with Gasteiger partial charge in [-0.3, -0.25) is 9.59 Å². The molecule has 146 valence electrons. The second-order valence-electron chi connectivity index (χ2n) is 6.67. The smallest absolute Gasteiger partial charge is 0.269 e. The molecule has 0 fully saturated rings. The van der Waals surface area contributed by atoms with E-state index in [9.17, 15) is 9.59 Å². The number of carbonyl (C=O) groups excluding carboxylic acids is 1. The minimum Gasteiger partial charge on any atom is -0.353 e. The van der Waals surface area contributed by atoms with Crippen LogP contribution in [0.15, 0.2) is 82.5 Å². The van der Waals surface area contributed by atoms with Gasteiger partial charge in [0.15, 0.2) is 0 Å². The number of hydrogen-bond acceptors (Lipinski definition) is 3. The maximum Gasteiger partial charge on any atom is 0.269 e. The first-order chi connectivity index (χ1) is 14.1. The summed E-state index contributed by atoms with van der Waals surface area (Å²) in [7, 11) is 0. The van der Waals surface area contributed by atoms with Gasteiger partial charge in [0.05, 0.1) is 11.9 Å². The number of amides is 1. The minimum atomic E-state index is -0.305. The van der Waals surface area contributed by atoms with Crippen LogP contribution in [0.25, 0.3) is 22.2 Å². The first kappa shape index (κ1) is 19.1. The molecule has 0 saturated carbocycles. The van der Waals surface area contributed by atoms with Gasteiger partial charge < -0.3 is 14.5 Å². The fourth-order valence-electron chi connectivity index (χ4n) is 3.20. The number of fused-ring (bicyclic) bond motifs is 1. The molecular formula is C22H19BrN4O2. The molecule has 4 rings (SSSR count). The largest absolute Gasteiger partial charge is 0.353 e. The van der Waals surface area contributed by atoms with E-state index in [4.69, 9.17) is 0 Å². The van der Waals surface area contributed by atoms with Crippen LogP contribution >= 0.6 is 15.9 Å². The van der Waals surface area contributed by atoms with Gasteiger partial charge in [0, 0.05) is 41.0 Å². The van der Waals surface area contributed by atoms with Crippen molar-refractivity contribution in [2.24, 2.45) is 0 Å². The lowest BCUT2D eigenvalue weighted by atomic mass is 10.2. The van der Waals surface area contributed by atoms with E-state index in [1.807, 2.05) is 48.7 Å². The van der Waals surface area contributed by atoms with Crippen LogP contribution in [0.4, 0.5) is 0 Å². The van der Waals surface area contributed by atoms with Crippen LogP contribution in [0, 0.1) is 0 Å². The third kappa shape index (κ3) is 4.46. The second-order valence-corrected chi connectivity index (χ2v) is 7.58. The summed E-state index contributed by atoms with van der Waals surface area (Å²) in [6, 6.07) is 17.7. The first-order valence-corrected chi connectivity index (χ1v) is 10.0. The summed E-state index contributed by atoms with van der Waals surface area (Å²) >= 11 is 3.49. The molecule has 0 atom stereocenters. The van der Waals surface area contributed by atoms with Gasteiger partial charge in [0.25, 0.3) is 5.56 Å². The van der Waals surface area contributed by atoms with Crippen molar-refractivity contribution in [2.75, 3.05) is 6.54 Å². The Bertz CT molecular complexity index is 1210. The van der Waals surface area contributed by atoms with Crippen LogP contribution in [-0.4, -0.2) is 26.6 Å². The van der Waals surface area contributed by atoms with Gasteiger partial charge in [-0.15, -0.1) is 0 Å². The third-order valence-corrected chi connectivity index (χ3v) is 5.16. The fraction of sp³-hybridized carbons (Fsp3) is 0.136. The lowest BCUT2D eigenvalue weighted by Crippen LogP contribution is -2.33. The summed E-state index contributed by atoms with van der Waals surface area (Å²) in [5.41, 5.74) is 2.35. The Morgan fingerprint density at radius 1 is 1.07 bits per heavy atom. The van der Waals surface area contributed by atoms with Crippen molar-refractivity contribution in [1.82, 2.24) is 19.4 Å². The fourth-order valence-corrected chi connectivity index (χ4v) is 3.55. The second kappa shape index (κ2) is 8.45. The molecule has 7 heteroatoms. The molecule has 0 radical (unpaired) electrons. The average molecular weight is 451 g/mol. The highest BCUT2D eigenvalue weighted by molar-refractivity contribution is 9.10. The van der Waals surface area contributed by atoms with E-state index < -0.39 is 0 Å². The summed E-state index contributed by atoms with van der Waals surface area (Å²) < 4.78 is 4.49. The standard InChI is InChI=1S/C22H19BrN4O2/c23-18-7-6-17-8-10-26(20(17)12-18)11-9-24-21(28)15-27-14-19(25-13-22(27)29)16-4-2-1-3-5-16/h1-8,10,12-14H,9,11,15H2,(H,24,28). The molecule has 0 aliphatic carbocycles. The number of nitrogens with zero attached hydrogens (tertiary/aromatic N) is 3. The topological polar surface area (TPSA) is 68.9 Å². The van der Waals surface area contributed by atoms with Crippen LogP contribution in [0.5, 0.6) is 0 Å². The molecule has 0 aliphatic rings. The molecule has 0 spiro atoms. The molecule has 2 heterocycles. The van der Waals surface area contributed by atoms with Crippen LogP contribution in [0.3, 0.4) is 0 Å². The number of rotatable bonds is 6. The number of carbonyl (C=O) groups is 1. The molecular weight excluding hydrogens is 432 g/mol. The summed E-state index contributed by atoms with van der Waals surface area (Å²) in [6.45, 7) is 1.08. The molecule has 2 aromatic carbocycles. The third-order valence-electron chi connectivity index (χ3n) is 4.67. The van der Waals surface area contributed by atoms with E-state index in [-0.39, 0.29) is 18.0 Å². The van der Waals surface area contributed by atoms with E-state index in [1.54, 1.807) is 6.20 Å². The average Bonchev–Trinajstić information content (AvgIpc) is 3.12. The Morgan fingerprint density at radius 2 is 1.90 bits per heavy atom. The molecule has 0 bridgehead atoms. The van der Waals surface area contributed by atoms with Crippen LogP contribution < -0.4 is 10.9 Å². The van der Waals surface area contributed by atoms with Crippen molar-refractivity contribution in [2.45, 2.75) is 13.1 Å². The normalized spacial score (nSPS) is 10.9. The number of halogens is 1. The number of aromatic nitrogens is 3. The Morgan fingerprint density at radius 3 is 2.72 bits per heavy atom. The monoisotopic (exact) mass is 450 g/mol. The number of nitrogens with one attached hydrogen (secondary N) is 1. The van der Waals surface area contributed by atoms with E-state index >= 15 is 0 Å². The summed E-state index contributed by atoms with van der Waals surface area (Å²) in [4.78, 5) is 28.6. The van der Waals surface area contributed by atoms with Crippen molar-refractivity contribution in [3.8, 4) is 11.3 Å². The van der Waals surface area contributed by atoms with Gasteiger partial charge in [0.2, 0.25) is 5.91 Å². The molecule has 29 heavy (non-hydrogen) atoms. The van der Waals surface area contributed by atoms with Gasteiger partial charge in [-0.05, 0) is 23.6 Å². The Labute approximate surface area is 175 Å². The zero-order valence-electron chi connectivity index (χ0n) is 15.6. The van der Waals surface area contributed by atoms with E-state index in [0.717, 1.165) is 20.9 Å². The van der Waals surface area contributed by atoms with Crippen molar-refractivity contribution in [1.29, 1.82) is 0 Å². The quantitative estimate of drug-likeness (QED) is 0.489. The van der Waals surface area contributed by atoms with E-state index in [0.29, 0.717) is 18.8 Å². The first-order valence-electron chi connectivity index (χ1n) is 9.23. The minimum absolute atomic E-state index is 0.0425. The summed E-state index contributed by atoms with van der Waals surface area (Å²) in [5.74, 6) is -0.213. The maximum atomic E-state index is 12.4. The predicted molar refractivity (Wildman–Crippen MR) is 117 cm³/mol. The number of hydrogen-bond donors (Lipinski definition) is 1. The Balaban J connectivity index is 1.39. The van der Waals surface area contributed by atoms with Gasteiger partial charge in [-0.25, -0.2) is 4.98 Å². The van der Waals surface area contributed by atoms with Crippen molar-refractivity contribution in [3.05, 3.63) is 88.0 Å². The van der Waals surface area contributed by atoms with Crippen molar-refractivity contribution in [3.63, 3.8) is 0 Å². The van der Waals surface area contributed by atoms with Gasteiger partial charge in [0.1, 0.15) is 6.54 Å². The van der Waals surface area contributed by atoms with Crippen molar-refractivity contribution < 1.29 is 4.79 Å². The Kier molecular flexibility index (Phi) is 5.57. The van der Waals surface area contributed by atoms with Crippen LogP contribution in [0.2, 0.25) is 0 Å². The molecule has 0 aliphatic heterocycles. The molecule has 0 saturated heterocycles. The zero-order valence-corrected chi connectivity index (χ0v) is 17.2. The summed E-state index contributed by atoms with van der Waals surface area (Å²) in [5, 5.41) is 4.03. The van der Waals surface area contributed by atoms with Gasteiger partial charge >= 0.3 is 0 Å². The van der Waals surface area contributed by atoms with Gasteiger partial charge in [-0.1, -0.05) is 52.3 Å². The maximum absolute atomic E-state index is 12.4. The molecule has 0 unspecified atom stereocenters. The molecule has 2 aromatic heterocycles. The predicted octanol–water partition coefficient (Wildman–Crippen LogP) is 3.44. The van der Waals surface area contributed by atoms with Crippen LogP contribution in [0.1, 0.15) is 0 Å². The number of benzene rings is 2. The lowest BCUT2D eigenvalue weighted by molar-refractivity contribution is -0.121. The molecule has 6 nitrogen and oxygen atoms in total. The molecule has 4 aromatic rings. The van der Waals surface area contributed by atoms with Crippen LogP contribution in [-0.2, 0) is 17.9 Å². The summed E-state index contributed by atoms with van der Waals surface area (Å²) in [6.07, 6.45) is 4.87.